The quantitative estimate of drug-likeness (QED) is 0.851. The third-order valence-corrected chi connectivity index (χ3v) is 6.12. The van der Waals surface area contributed by atoms with Gasteiger partial charge in [0, 0.05) is 39.1 Å². The van der Waals surface area contributed by atoms with Crippen LogP contribution < -0.4 is 10.5 Å². The van der Waals surface area contributed by atoms with Gasteiger partial charge in [-0.1, -0.05) is 0 Å². The zero-order valence-electron chi connectivity index (χ0n) is 14.1. The van der Waals surface area contributed by atoms with Crippen LogP contribution in [0.15, 0.2) is 16.2 Å². The van der Waals surface area contributed by atoms with Crippen LogP contribution in [0.2, 0.25) is 0 Å². The number of hydrogen-bond donors (Lipinski definition) is 0. The van der Waals surface area contributed by atoms with Gasteiger partial charge in [0.15, 0.2) is 0 Å². The summed E-state index contributed by atoms with van der Waals surface area (Å²) in [7, 11) is 3.73. The standard InChI is InChI=1S/C17H22N4O2S/c1-19(15(22)11-3-4-11)12-5-8-21(9-6-12)17-18-13-7-10-24-14(13)16(23)20(17)2/h7,10-12H,3-6,8-9H2,1-2H3. The zero-order valence-corrected chi connectivity index (χ0v) is 14.9. The molecule has 0 unspecified atom stereocenters. The van der Waals surface area contributed by atoms with Crippen molar-refractivity contribution in [3.05, 3.63) is 21.8 Å². The number of fused-ring (bicyclic) bond motifs is 1. The Bertz CT molecular complexity index is 831. The Morgan fingerprint density at radius 2 is 2.00 bits per heavy atom. The van der Waals surface area contributed by atoms with Crippen molar-refractivity contribution in [2.45, 2.75) is 31.7 Å². The molecule has 3 heterocycles. The van der Waals surface area contributed by atoms with Crippen molar-refractivity contribution in [1.29, 1.82) is 0 Å². The van der Waals surface area contributed by atoms with Crippen LogP contribution in [0.25, 0.3) is 10.2 Å². The summed E-state index contributed by atoms with van der Waals surface area (Å²) in [5, 5.41) is 1.91. The number of thiophene rings is 1. The Balaban J connectivity index is 1.50. The second-order valence-corrected chi connectivity index (χ2v) is 7.77. The summed E-state index contributed by atoms with van der Waals surface area (Å²) in [6.07, 6.45) is 3.95. The molecule has 1 aliphatic carbocycles. The van der Waals surface area contributed by atoms with Gasteiger partial charge in [-0.25, -0.2) is 4.98 Å². The molecule has 2 fully saturated rings. The van der Waals surface area contributed by atoms with Crippen molar-refractivity contribution in [3.63, 3.8) is 0 Å². The fourth-order valence-corrected chi connectivity index (χ4v) is 4.32. The maximum atomic E-state index is 12.5. The number of rotatable bonds is 3. The van der Waals surface area contributed by atoms with Crippen LogP contribution in [0.1, 0.15) is 25.7 Å². The average Bonchev–Trinajstić information content (AvgIpc) is 3.35. The molecule has 7 heteroatoms. The average molecular weight is 346 g/mol. The van der Waals surface area contributed by atoms with Gasteiger partial charge in [-0.2, -0.15) is 0 Å². The molecule has 2 aromatic heterocycles. The molecule has 1 amide bonds. The fraction of sp³-hybridized carbons (Fsp3) is 0.588. The molecule has 0 atom stereocenters. The molecule has 2 aliphatic rings. The van der Waals surface area contributed by atoms with E-state index < -0.39 is 0 Å². The summed E-state index contributed by atoms with van der Waals surface area (Å²) in [6.45, 7) is 1.64. The molecule has 0 spiro atoms. The highest BCUT2D eigenvalue weighted by Gasteiger charge is 2.35. The zero-order chi connectivity index (χ0) is 16.8. The lowest BCUT2D eigenvalue weighted by Crippen LogP contribution is -2.47. The molecule has 0 radical (unpaired) electrons. The van der Waals surface area contributed by atoms with Gasteiger partial charge in [0.25, 0.3) is 5.56 Å². The van der Waals surface area contributed by atoms with Gasteiger partial charge in [0.05, 0.1) is 5.52 Å². The third-order valence-electron chi connectivity index (χ3n) is 5.23. The minimum absolute atomic E-state index is 0.0214. The van der Waals surface area contributed by atoms with Crippen molar-refractivity contribution in [3.8, 4) is 0 Å². The molecule has 1 aliphatic heterocycles. The van der Waals surface area contributed by atoms with Crippen LogP contribution in [0.4, 0.5) is 5.95 Å². The third kappa shape index (κ3) is 2.60. The Morgan fingerprint density at radius 3 is 2.67 bits per heavy atom. The van der Waals surface area contributed by atoms with Crippen LogP contribution in [-0.2, 0) is 11.8 Å². The highest BCUT2D eigenvalue weighted by Crippen LogP contribution is 2.32. The first-order valence-electron chi connectivity index (χ1n) is 8.52. The number of nitrogens with zero attached hydrogens (tertiary/aromatic N) is 4. The summed E-state index contributed by atoms with van der Waals surface area (Å²) in [4.78, 5) is 33.5. The van der Waals surface area contributed by atoms with E-state index in [2.05, 4.69) is 9.88 Å². The number of aromatic nitrogens is 2. The Hall–Kier alpha value is -1.89. The minimum atomic E-state index is 0.0214. The highest BCUT2D eigenvalue weighted by molar-refractivity contribution is 7.17. The van der Waals surface area contributed by atoms with Gasteiger partial charge in [0.2, 0.25) is 11.9 Å². The highest BCUT2D eigenvalue weighted by atomic mass is 32.1. The Labute approximate surface area is 144 Å². The number of hydrogen-bond acceptors (Lipinski definition) is 5. The number of anilines is 1. The lowest BCUT2D eigenvalue weighted by molar-refractivity contribution is -0.133. The minimum Gasteiger partial charge on any atom is -0.342 e. The summed E-state index contributed by atoms with van der Waals surface area (Å²) in [5.41, 5.74) is 0.800. The van der Waals surface area contributed by atoms with E-state index >= 15 is 0 Å². The normalized spacial score (nSPS) is 19.0. The van der Waals surface area contributed by atoms with Crippen LogP contribution in [-0.4, -0.2) is 46.5 Å². The van der Waals surface area contributed by atoms with Gasteiger partial charge in [-0.15, -0.1) is 11.3 Å². The summed E-state index contributed by atoms with van der Waals surface area (Å²) >= 11 is 1.44. The predicted octanol–water partition coefficient (Wildman–Crippen LogP) is 1.83. The van der Waals surface area contributed by atoms with Gasteiger partial charge in [-0.05, 0) is 37.1 Å². The molecule has 2 aromatic rings. The van der Waals surface area contributed by atoms with E-state index in [0.29, 0.717) is 16.6 Å². The molecule has 128 valence electrons. The van der Waals surface area contributed by atoms with E-state index in [-0.39, 0.29) is 11.5 Å². The van der Waals surface area contributed by atoms with Crippen molar-refractivity contribution in [2.75, 3.05) is 25.0 Å². The summed E-state index contributed by atoms with van der Waals surface area (Å²) in [6, 6.07) is 2.20. The Kier molecular flexibility index (Phi) is 3.83. The second kappa shape index (κ2) is 5.88. The van der Waals surface area contributed by atoms with Crippen LogP contribution in [0.3, 0.4) is 0 Å². The monoisotopic (exact) mass is 346 g/mol. The van der Waals surface area contributed by atoms with E-state index in [1.165, 1.54) is 11.3 Å². The van der Waals surface area contributed by atoms with Crippen molar-refractivity contribution in [1.82, 2.24) is 14.5 Å². The first-order valence-corrected chi connectivity index (χ1v) is 9.40. The lowest BCUT2D eigenvalue weighted by Gasteiger charge is -2.37. The van der Waals surface area contributed by atoms with Gasteiger partial charge >= 0.3 is 0 Å². The molecule has 0 N–H and O–H groups in total. The van der Waals surface area contributed by atoms with Crippen molar-refractivity contribution >= 4 is 33.4 Å². The van der Waals surface area contributed by atoms with Gasteiger partial charge in [-0.3, -0.25) is 14.2 Å². The molecular weight excluding hydrogens is 324 g/mol. The van der Waals surface area contributed by atoms with Crippen LogP contribution in [0.5, 0.6) is 0 Å². The van der Waals surface area contributed by atoms with E-state index in [1.54, 1.807) is 11.6 Å². The fourth-order valence-electron chi connectivity index (χ4n) is 3.51. The molecule has 1 saturated carbocycles. The molecule has 1 saturated heterocycles. The smallest absolute Gasteiger partial charge is 0.272 e. The Morgan fingerprint density at radius 1 is 1.29 bits per heavy atom. The van der Waals surface area contributed by atoms with Crippen molar-refractivity contribution in [2.24, 2.45) is 13.0 Å². The maximum Gasteiger partial charge on any atom is 0.272 e. The van der Waals surface area contributed by atoms with E-state index in [1.807, 2.05) is 23.4 Å². The van der Waals surface area contributed by atoms with Crippen LogP contribution in [0, 0.1) is 5.92 Å². The predicted molar refractivity (Wildman–Crippen MR) is 95.6 cm³/mol. The van der Waals surface area contributed by atoms with E-state index in [0.717, 1.165) is 50.2 Å². The molecule has 0 aromatic carbocycles. The number of carbonyl (C=O) groups is 1. The molecule has 0 bridgehead atoms. The number of carbonyl (C=O) groups excluding carboxylic acids is 1. The molecular formula is C17H22N4O2S. The largest absolute Gasteiger partial charge is 0.342 e. The SMILES string of the molecule is CN(C(=O)C1CC1)C1CCN(c2nc3ccsc3c(=O)n2C)CC1. The first kappa shape index (κ1) is 15.6. The topological polar surface area (TPSA) is 58.4 Å². The molecule has 6 nitrogen and oxygen atoms in total. The van der Waals surface area contributed by atoms with Crippen LogP contribution >= 0.6 is 11.3 Å². The first-order chi connectivity index (χ1) is 11.6. The maximum absolute atomic E-state index is 12.5. The number of piperidine rings is 1. The molecule has 4 rings (SSSR count). The van der Waals surface area contributed by atoms with E-state index in [9.17, 15) is 9.59 Å². The van der Waals surface area contributed by atoms with Gasteiger partial charge < -0.3 is 9.80 Å². The second-order valence-electron chi connectivity index (χ2n) is 6.85. The molecule has 24 heavy (non-hydrogen) atoms. The summed E-state index contributed by atoms with van der Waals surface area (Å²) < 4.78 is 2.36. The van der Waals surface area contributed by atoms with E-state index in [4.69, 9.17) is 0 Å². The lowest BCUT2D eigenvalue weighted by atomic mass is 10.0. The van der Waals surface area contributed by atoms with Gasteiger partial charge in [0.1, 0.15) is 4.70 Å². The number of amides is 1. The summed E-state index contributed by atoms with van der Waals surface area (Å²) in [5.74, 6) is 1.32. The van der Waals surface area contributed by atoms with Crippen molar-refractivity contribution < 1.29 is 4.79 Å².